The van der Waals surface area contributed by atoms with Crippen molar-refractivity contribution in [2.45, 2.75) is 77.9 Å². The van der Waals surface area contributed by atoms with Crippen molar-refractivity contribution in [1.29, 1.82) is 0 Å². The molecule has 2 saturated carbocycles. The molecule has 3 atom stereocenters. The molecular formula is C16H31NO. The fourth-order valence-corrected chi connectivity index (χ4v) is 3.72. The van der Waals surface area contributed by atoms with Gasteiger partial charge in [-0.2, -0.15) is 0 Å². The van der Waals surface area contributed by atoms with Crippen molar-refractivity contribution >= 4 is 0 Å². The van der Waals surface area contributed by atoms with Crippen LogP contribution in [0.2, 0.25) is 0 Å². The van der Waals surface area contributed by atoms with Crippen LogP contribution < -0.4 is 5.32 Å². The first kappa shape index (κ1) is 14.3. The minimum Gasteiger partial charge on any atom is -0.377 e. The zero-order valence-corrected chi connectivity index (χ0v) is 12.5. The lowest BCUT2D eigenvalue weighted by atomic mass is 9.61. The van der Waals surface area contributed by atoms with Gasteiger partial charge in [0.1, 0.15) is 0 Å². The van der Waals surface area contributed by atoms with Crippen LogP contribution in [0.15, 0.2) is 0 Å². The lowest BCUT2D eigenvalue weighted by Gasteiger charge is -2.54. The van der Waals surface area contributed by atoms with Crippen molar-refractivity contribution in [2.75, 3.05) is 13.2 Å². The van der Waals surface area contributed by atoms with Crippen LogP contribution in [0.4, 0.5) is 0 Å². The Kier molecular flexibility index (Phi) is 5.08. The highest BCUT2D eigenvalue weighted by Gasteiger charge is 2.50. The molecule has 0 heterocycles. The van der Waals surface area contributed by atoms with Gasteiger partial charge >= 0.3 is 0 Å². The third-order valence-corrected chi connectivity index (χ3v) is 5.45. The van der Waals surface area contributed by atoms with E-state index in [0.717, 1.165) is 19.1 Å². The van der Waals surface area contributed by atoms with Crippen LogP contribution in [0.3, 0.4) is 0 Å². The molecule has 0 aromatic carbocycles. The minimum atomic E-state index is 0.366. The number of rotatable bonds is 6. The third-order valence-electron chi connectivity index (χ3n) is 5.45. The summed E-state index contributed by atoms with van der Waals surface area (Å²) in [5, 5.41) is 3.61. The van der Waals surface area contributed by atoms with Crippen molar-refractivity contribution in [3.05, 3.63) is 0 Å². The van der Waals surface area contributed by atoms with E-state index in [4.69, 9.17) is 4.74 Å². The van der Waals surface area contributed by atoms with Gasteiger partial charge in [0.05, 0.1) is 6.10 Å². The monoisotopic (exact) mass is 253 g/mol. The van der Waals surface area contributed by atoms with Crippen molar-refractivity contribution in [3.63, 3.8) is 0 Å². The molecule has 2 heteroatoms. The van der Waals surface area contributed by atoms with Gasteiger partial charge in [-0.1, -0.05) is 40.0 Å². The Morgan fingerprint density at radius 1 is 1.17 bits per heavy atom. The molecule has 106 valence electrons. The second-order valence-electron chi connectivity index (χ2n) is 6.53. The Labute approximate surface area is 113 Å². The minimum absolute atomic E-state index is 0.366. The van der Waals surface area contributed by atoms with E-state index in [9.17, 15) is 0 Å². The van der Waals surface area contributed by atoms with Crippen molar-refractivity contribution in [3.8, 4) is 0 Å². The fourth-order valence-electron chi connectivity index (χ4n) is 3.72. The molecular weight excluding hydrogens is 222 g/mol. The van der Waals surface area contributed by atoms with E-state index in [1.54, 1.807) is 0 Å². The highest BCUT2D eigenvalue weighted by Crippen LogP contribution is 2.46. The standard InChI is InChI=1S/C16H31NO/c1-4-16(3)14(17-5-2)11-15(16)18-12-13-9-7-6-8-10-13/h13-15,17H,4-12H2,1-3H3. The van der Waals surface area contributed by atoms with Gasteiger partial charge in [-0.25, -0.2) is 0 Å². The maximum absolute atomic E-state index is 6.26. The van der Waals surface area contributed by atoms with Crippen LogP contribution in [0.5, 0.6) is 0 Å². The molecule has 2 rings (SSSR count). The largest absolute Gasteiger partial charge is 0.377 e. The Hall–Kier alpha value is -0.0800. The maximum atomic E-state index is 6.26. The van der Waals surface area contributed by atoms with Crippen LogP contribution in [-0.2, 0) is 4.74 Å². The molecule has 0 amide bonds. The van der Waals surface area contributed by atoms with Gasteiger partial charge in [-0.05, 0) is 38.1 Å². The van der Waals surface area contributed by atoms with Gasteiger partial charge in [0, 0.05) is 18.1 Å². The second kappa shape index (κ2) is 6.38. The van der Waals surface area contributed by atoms with Gasteiger partial charge in [0.25, 0.3) is 0 Å². The summed E-state index contributed by atoms with van der Waals surface area (Å²) in [6.07, 6.45) is 10.00. The van der Waals surface area contributed by atoms with E-state index >= 15 is 0 Å². The van der Waals surface area contributed by atoms with Crippen LogP contribution in [0.25, 0.3) is 0 Å². The molecule has 2 aliphatic carbocycles. The third kappa shape index (κ3) is 2.91. The van der Waals surface area contributed by atoms with Gasteiger partial charge in [-0.3, -0.25) is 0 Å². The zero-order valence-electron chi connectivity index (χ0n) is 12.5. The molecule has 0 radical (unpaired) electrons. The van der Waals surface area contributed by atoms with Crippen LogP contribution in [-0.4, -0.2) is 25.3 Å². The van der Waals surface area contributed by atoms with Crippen molar-refractivity contribution in [2.24, 2.45) is 11.3 Å². The van der Waals surface area contributed by atoms with E-state index in [2.05, 4.69) is 26.1 Å². The van der Waals surface area contributed by atoms with Gasteiger partial charge in [0.15, 0.2) is 0 Å². The number of hydrogen-bond donors (Lipinski definition) is 1. The summed E-state index contributed by atoms with van der Waals surface area (Å²) in [6, 6.07) is 0.670. The first-order chi connectivity index (χ1) is 8.70. The Morgan fingerprint density at radius 2 is 1.89 bits per heavy atom. The van der Waals surface area contributed by atoms with Crippen molar-refractivity contribution in [1.82, 2.24) is 5.32 Å². The molecule has 0 saturated heterocycles. The molecule has 3 unspecified atom stereocenters. The average molecular weight is 253 g/mol. The predicted octanol–water partition coefficient (Wildman–Crippen LogP) is 3.75. The van der Waals surface area contributed by atoms with Crippen LogP contribution >= 0.6 is 0 Å². The smallest absolute Gasteiger partial charge is 0.0658 e. The quantitative estimate of drug-likeness (QED) is 0.778. The van der Waals surface area contributed by atoms with Gasteiger partial charge in [0.2, 0.25) is 0 Å². The number of ether oxygens (including phenoxy) is 1. The van der Waals surface area contributed by atoms with Crippen LogP contribution in [0.1, 0.15) is 65.7 Å². The van der Waals surface area contributed by atoms with E-state index < -0.39 is 0 Å². The van der Waals surface area contributed by atoms with E-state index in [1.807, 2.05) is 0 Å². The molecule has 0 aliphatic heterocycles. The Balaban J connectivity index is 1.76. The molecule has 2 aliphatic rings. The molecule has 0 bridgehead atoms. The zero-order chi connectivity index (χ0) is 13.0. The SMILES string of the molecule is CCNC1CC(OCC2CCCCC2)C1(C)CC. The summed E-state index contributed by atoms with van der Waals surface area (Å²) >= 11 is 0. The van der Waals surface area contributed by atoms with Crippen molar-refractivity contribution < 1.29 is 4.74 Å². The Bertz CT molecular complexity index is 249. The number of hydrogen-bond acceptors (Lipinski definition) is 2. The van der Waals surface area contributed by atoms with E-state index in [-0.39, 0.29) is 0 Å². The molecule has 1 N–H and O–H groups in total. The molecule has 0 spiro atoms. The van der Waals surface area contributed by atoms with Gasteiger partial charge in [-0.15, -0.1) is 0 Å². The summed E-state index contributed by atoms with van der Waals surface area (Å²) in [5.74, 6) is 0.845. The van der Waals surface area contributed by atoms with Crippen LogP contribution in [0, 0.1) is 11.3 Å². The molecule has 18 heavy (non-hydrogen) atoms. The predicted molar refractivity (Wildman–Crippen MR) is 76.8 cm³/mol. The molecule has 0 aromatic rings. The lowest BCUT2D eigenvalue weighted by Crippen LogP contribution is -2.62. The highest BCUT2D eigenvalue weighted by atomic mass is 16.5. The van der Waals surface area contributed by atoms with E-state index in [1.165, 1.54) is 44.9 Å². The maximum Gasteiger partial charge on any atom is 0.0658 e. The number of nitrogens with one attached hydrogen (secondary N) is 1. The summed E-state index contributed by atoms with van der Waals surface area (Å²) < 4.78 is 6.26. The average Bonchev–Trinajstić information content (AvgIpc) is 2.42. The highest BCUT2D eigenvalue weighted by molar-refractivity contribution is 5.04. The Morgan fingerprint density at radius 3 is 2.50 bits per heavy atom. The summed E-state index contributed by atoms with van der Waals surface area (Å²) in [4.78, 5) is 0. The normalized spacial score (nSPS) is 37.5. The first-order valence-electron chi connectivity index (χ1n) is 8.05. The molecule has 0 aromatic heterocycles. The first-order valence-corrected chi connectivity index (χ1v) is 8.05. The molecule has 2 fully saturated rings. The second-order valence-corrected chi connectivity index (χ2v) is 6.53. The summed E-state index contributed by atoms with van der Waals surface area (Å²) in [7, 11) is 0. The lowest BCUT2D eigenvalue weighted by molar-refractivity contribution is -0.137. The molecule has 2 nitrogen and oxygen atoms in total. The summed E-state index contributed by atoms with van der Waals surface area (Å²) in [6.45, 7) is 9.00. The fraction of sp³-hybridized carbons (Fsp3) is 1.00. The van der Waals surface area contributed by atoms with Gasteiger partial charge < -0.3 is 10.1 Å². The topological polar surface area (TPSA) is 21.3 Å². The van der Waals surface area contributed by atoms with E-state index in [0.29, 0.717) is 17.6 Å². The summed E-state index contributed by atoms with van der Waals surface area (Å²) in [5.41, 5.74) is 0.366.